The standard InChI is InChI=1S/C15H24N2O3/c1-11(2)7-13(18)10-17-15(19)16-9-12-5-4-6-14(8-12)20-3/h4-6,8,11,13,18H,7,9-10H2,1-3H3,(H2,16,17,19). The summed E-state index contributed by atoms with van der Waals surface area (Å²) in [7, 11) is 1.61. The van der Waals surface area contributed by atoms with Gasteiger partial charge in [-0.25, -0.2) is 4.79 Å². The van der Waals surface area contributed by atoms with Gasteiger partial charge in [-0.15, -0.1) is 0 Å². The summed E-state index contributed by atoms with van der Waals surface area (Å²) < 4.78 is 5.12. The molecule has 0 saturated heterocycles. The predicted octanol–water partition coefficient (Wildman–Crippen LogP) is 1.90. The summed E-state index contributed by atoms with van der Waals surface area (Å²) in [4.78, 5) is 11.6. The highest BCUT2D eigenvalue weighted by atomic mass is 16.5. The smallest absolute Gasteiger partial charge is 0.315 e. The van der Waals surface area contributed by atoms with Crippen LogP contribution in [0, 0.1) is 5.92 Å². The van der Waals surface area contributed by atoms with Gasteiger partial charge in [0.1, 0.15) is 5.75 Å². The molecule has 1 atom stereocenters. The highest BCUT2D eigenvalue weighted by molar-refractivity contribution is 5.73. The molecule has 0 radical (unpaired) electrons. The monoisotopic (exact) mass is 280 g/mol. The Morgan fingerprint density at radius 1 is 1.35 bits per heavy atom. The maximum absolute atomic E-state index is 11.6. The molecule has 0 heterocycles. The average Bonchev–Trinajstić information content (AvgIpc) is 2.42. The van der Waals surface area contributed by atoms with Crippen LogP contribution in [0.25, 0.3) is 0 Å². The summed E-state index contributed by atoms with van der Waals surface area (Å²) in [6.07, 6.45) is 0.174. The molecule has 20 heavy (non-hydrogen) atoms. The predicted molar refractivity (Wildman–Crippen MR) is 78.7 cm³/mol. The lowest BCUT2D eigenvalue weighted by Crippen LogP contribution is -2.39. The highest BCUT2D eigenvalue weighted by Gasteiger charge is 2.08. The molecule has 0 saturated carbocycles. The second-order valence-corrected chi connectivity index (χ2v) is 5.20. The maximum Gasteiger partial charge on any atom is 0.315 e. The molecule has 0 spiro atoms. The number of carbonyl (C=O) groups excluding carboxylic acids is 1. The van der Waals surface area contributed by atoms with Crippen LogP contribution in [0.1, 0.15) is 25.8 Å². The zero-order valence-electron chi connectivity index (χ0n) is 12.3. The molecule has 5 heteroatoms. The molecule has 1 aromatic rings. The van der Waals surface area contributed by atoms with Crippen LogP contribution in [-0.4, -0.2) is 30.9 Å². The quantitative estimate of drug-likeness (QED) is 0.714. The molecule has 5 nitrogen and oxygen atoms in total. The van der Waals surface area contributed by atoms with E-state index in [1.54, 1.807) is 7.11 Å². The summed E-state index contributed by atoms with van der Waals surface area (Å²) in [5.41, 5.74) is 0.960. The number of ether oxygens (including phenoxy) is 1. The highest BCUT2D eigenvalue weighted by Crippen LogP contribution is 2.12. The van der Waals surface area contributed by atoms with Crippen LogP contribution in [0.3, 0.4) is 0 Å². The number of aliphatic hydroxyl groups is 1. The van der Waals surface area contributed by atoms with Crippen molar-refractivity contribution in [1.29, 1.82) is 0 Å². The number of hydrogen-bond donors (Lipinski definition) is 3. The molecule has 0 aliphatic rings. The first-order valence-corrected chi connectivity index (χ1v) is 6.84. The van der Waals surface area contributed by atoms with E-state index in [1.165, 1.54) is 0 Å². The number of benzene rings is 1. The molecule has 0 bridgehead atoms. The Kier molecular flexibility index (Phi) is 6.87. The van der Waals surface area contributed by atoms with Gasteiger partial charge in [0, 0.05) is 13.1 Å². The second kappa shape index (κ2) is 8.43. The van der Waals surface area contributed by atoms with E-state index in [4.69, 9.17) is 4.74 Å². The van der Waals surface area contributed by atoms with E-state index < -0.39 is 6.10 Å². The van der Waals surface area contributed by atoms with E-state index in [0.29, 0.717) is 18.9 Å². The fraction of sp³-hybridized carbons (Fsp3) is 0.533. The fourth-order valence-electron chi connectivity index (χ4n) is 1.87. The molecule has 1 rings (SSSR count). The van der Waals surface area contributed by atoms with Gasteiger partial charge in [0.25, 0.3) is 0 Å². The Labute approximate surface area is 120 Å². The minimum atomic E-state index is -0.502. The third-order valence-electron chi connectivity index (χ3n) is 2.83. The van der Waals surface area contributed by atoms with Crippen LogP contribution >= 0.6 is 0 Å². The topological polar surface area (TPSA) is 70.6 Å². The summed E-state index contributed by atoms with van der Waals surface area (Å²) in [6.45, 7) is 4.75. The fourth-order valence-corrected chi connectivity index (χ4v) is 1.87. The Morgan fingerprint density at radius 3 is 2.75 bits per heavy atom. The first-order valence-electron chi connectivity index (χ1n) is 6.84. The Morgan fingerprint density at radius 2 is 2.10 bits per heavy atom. The lowest BCUT2D eigenvalue weighted by atomic mass is 10.1. The summed E-state index contributed by atoms with van der Waals surface area (Å²) in [6, 6.07) is 7.23. The SMILES string of the molecule is COc1cccc(CNC(=O)NCC(O)CC(C)C)c1. The van der Waals surface area contributed by atoms with Crippen LogP contribution in [-0.2, 0) is 6.54 Å². The van der Waals surface area contributed by atoms with Crippen molar-refractivity contribution < 1.29 is 14.6 Å². The Balaban J connectivity index is 2.29. The van der Waals surface area contributed by atoms with Gasteiger partial charge in [-0.2, -0.15) is 0 Å². The molecular weight excluding hydrogens is 256 g/mol. The summed E-state index contributed by atoms with van der Waals surface area (Å²) in [5, 5.41) is 15.1. The molecule has 2 amide bonds. The molecule has 112 valence electrons. The molecule has 0 aliphatic heterocycles. The number of methoxy groups -OCH3 is 1. The van der Waals surface area contributed by atoms with Crippen molar-refractivity contribution in [3.63, 3.8) is 0 Å². The van der Waals surface area contributed by atoms with Crippen molar-refractivity contribution in [2.45, 2.75) is 32.9 Å². The van der Waals surface area contributed by atoms with Gasteiger partial charge in [-0.1, -0.05) is 26.0 Å². The van der Waals surface area contributed by atoms with Crippen LogP contribution in [0.5, 0.6) is 5.75 Å². The minimum Gasteiger partial charge on any atom is -0.497 e. The minimum absolute atomic E-state index is 0.266. The third-order valence-corrected chi connectivity index (χ3v) is 2.83. The number of rotatable bonds is 7. The second-order valence-electron chi connectivity index (χ2n) is 5.20. The first-order chi connectivity index (χ1) is 9.51. The molecule has 1 unspecified atom stereocenters. The van der Waals surface area contributed by atoms with Gasteiger partial charge in [0.05, 0.1) is 13.2 Å². The number of nitrogens with one attached hydrogen (secondary N) is 2. The Bertz CT molecular complexity index is 421. The lowest BCUT2D eigenvalue weighted by molar-refractivity contribution is 0.147. The first kappa shape index (κ1) is 16.3. The largest absolute Gasteiger partial charge is 0.497 e. The van der Waals surface area contributed by atoms with Crippen LogP contribution in [0.4, 0.5) is 4.79 Å². The third kappa shape index (κ3) is 6.43. The van der Waals surface area contributed by atoms with Crippen molar-refractivity contribution in [2.75, 3.05) is 13.7 Å². The number of carbonyl (C=O) groups is 1. The van der Waals surface area contributed by atoms with Crippen molar-refractivity contribution in [2.24, 2.45) is 5.92 Å². The van der Waals surface area contributed by atoms with Gasteiger partial charge in [-0.05, 0) is 30.0 Å². The zero-order chi connectivity index (χ0) is 15.0. The van der Waals surface area contributed by atoms with Gasteiger partial charge < -0.3 is 20.5 Å². The van der Waals surface area contributed by atoms with Crippen LogP contribution in [0.15, 0.2) is 24.3 Å². The average molecular weight is 280 g/mol. The number of hydrogen-bond acceptors (Lipinski definition) is 3. The van der Waals surface area contributed by atoms with E-state index in [9.17, 15) is 9.90 Å². The van der Waals surface area contributed by atoms with E-state index in [0.717, 1.165) is 11.3 Å². The summed E-state index contributed by atoms with van der Waals surface area (Å²) >= 11 is 0. The van der Waals surface area contributed by atoms with Gasteiger partial charge >= 0.3 is 6.03 Å². The van der Waals surface area contributed by atoms with E-state index in [2.05, 4.69) is 10.6 Å². The van der Waals surface area contributed by atoms with Gasteiger partial charge in [-0.3, -0.25) is 0 Å². The molecule has 0 aliphatic carbocycles. The van der Waals surface area contributed by atoms with Crippen LogP contribution in [0.2, 0.25) is 0 Å². The van der Waals surface area contributed by atoms with Crippen molar-refractivity contribution >= 4 is 6.03 Å². The summed E-state index contributed by atoms with van der Waals surface area (Å²) in [5.74, 6) is 1.17. The molecule has 1 aromatic carbocycles. The normalized spacial score (nSPS) is 12.1. The van der Waals surface area contributed by atoms with E-state index in [-0.39, 0.29) is 12.6 Å². The van der Waals surface area contributed by atoms with Crippen molar-refractivity contribution in [3.05, 3.63) is 29.8 Å². The number of amides is 2. The zero-order valence-corrected chi connectivity index (χ0v) is 12.3. The molecule has 0 aromatic heterocycles. The lowest BCUT2D eigenvalue weighted by Gasteiger charge is -2.14. The number of aliphatic hydroxyl groups excluding tert-OH is 1. The van der Waals surface area contributed by atoms with Crippen molar-refractivity contribution in [1.82, 2.24) is 10.6 Å². The van der Waals surface area contributed by atoms with E-state index in [1.807, 2.05) is 38.1 Å². The molecule has 3 N–H and O–H groups in total. The maximum atomic E-state index is 11.6. The molecule has 0 fully saturated rings. The Hall–Kier alpha value is -1.75. The molecular formula is C15H24N2O3. The van der Waals surface area contributed by atoms with Crippen molar-refractivity contribution in [3.8, 4) is 5.75 Å². The number of urea groups is 1. The van der Waals surface area contributed by atoms with Gasteiger partial charge in [0.15, 0.2) is 0 Å². The van der Waals surface area contributed by atoms with Gasteiger partial charge in [0.2, 0.25) is 0 Å². The van der Waals surface area contributed by atoms with E-state index >= 15 is 0 Å². The van der Waals surface area contributed by atoms with Crippen LogP contribution < -0.4 is 15.4 Å².